The Hall–Kier alpha value is -1.68. The van der Waals surface area contributed by atoms with Crippen molar-refractivity contribution < 1.29 is 17.7 Å². The number of methoxy groups -OCH3 is 1. The highest BCUT2D eigenvalue weighted by atomic mass is 127. The quantitative estimate of drug-likeness (QED) is 0.0791. The molecule has 0 spiro atoms. The first-order chi connectivity index (χ1) is 19.0. The maximum Gasteiger partial charge on any atom is 0.294 e. The summed E-state index contributed by atoms with van der Waals surface area (Å²) in [7, 11) is -1.19. The van der Waals surface area contributed by atoms with Gasteiger partial charge in [0.1, 0.15) is 5.75 Å². The zero-order valence-electron chi connectivity index (χ0n) is 24.7. The lowest BCUT2D eigenvalue weighted by Crippen LogP contribution is -2.13. The third kappa shape index (κ3) is 12.5. The van der Waals surface area contributed by atoms with Gasteiger partial charge in [0, 0.05) is 13.1 Å². The maximum absolute atomic E-state index is 10.5. The molecule has 1 N–H and O–H groups in total. The second-order valence-corrected chi connectivity index (χ2v) is 15.7. The minimum atomic E-state index is -4.02. The second kappa shape index (κ2) is 17.3. The minimum Gasteiger partial charge on any atom is -0.496 e. The number of hydrogen-bond acceptors (Lipinski definition) is 3. The third-order valence-electron chi connectivity index (χ3n) is 6.92. The van der Waals surface area contributed by atoms with E-state index in [2.05, 4.69) is 85.8 Å². The molecule has 7 heteroatoms. The van der Waals surface area contributed by atoms with E-state index in [1.54, 1.807) is 19.2 Å². The predicted molar refractivity (Wildman–Crippen MR) is 178 cm³/mol. The van der Waals surface area contributed by atoms with Crippen LogP contribution in [0.1, 0.15) is 76.8 Å². The average molecular weight is 693 g/mol. The van der Waals surface area contributed by atoms with E-state index in [-0.39, 0.29) is 4.90 Å². The van der Waals surface area contributed by atoms with Crippen LogP contribution in [0.4, 0.5) is 0 Å². The molecule has 0 saturated heterocycles. The SMILES string of the molecule is CCCCCCCC(C)(C)[Si]CCCc1cc(-c2ccccc2I)ccc1OC.Cc1ccc(S(=O)(=O)O)cc1. The van der Waals surface area contributed by atoms with E-state index in [9.17, 15) is 8.42 Å². The predicted octanol–water partition coefficient (Wildman–Crippen LogP) is 9.82. The fraction of sp³-hybridized carbons (Fsp3) is 0.455. The van der Waals surface area contributed by atoms with Crippen molar-refractivity contribution in [2.45, 2.75) is 95.0 Å². The highest BCUT2D eigenvalue weighted by Gasteiger charge is 2.18. The van der Waals surface area contributed by atoms with Crippen molar-refractivity contribution in [3.63, 3.8) is 0 Å². The van der Waals surface area contributed by atoms with Crippen LogP contribution in [0.5, 0.6) is 5.75 Å². The Kier molecular flexibility index (Phi) is 14.9. The van der Waals surface area contributed by atoms with E-state index in [1.165, 1.54) is 83.4 Å². The van der Waals surface area contributed by atoms with E-state index < -0.39 is 10.1 Å². The Morgan fingerprint density at radius 2 is 1.60 bits per heavy atom. The van der Waals surface area contributed by atoms with Gasteiger partial charge >= 0.3 is 0 Å². The molecule has 3 rings (SSSR count). The highest BCUT2D eigenvalue weighted by Crippen LogP contribution is 2.33. The summed E-state index contributed by atoms with van der Waals surface area (Å²) >= 11 is 2.42. The van der Waals surface area contributed by atoms with Crippen molar-refractivity contribution in [1.82, 2.24) is 0 Å². The Bertz CT molecular complexity index is 1270. The average Bonchev–Trinajstić information content (AvgIpc) is 2.91. The first-order valence-corrected chi connectivity index (χ1v) is 17.9. The molecule has 40 heavy (non-hydrogen) atoms. The smallest absolute Gasteiger partial charge is 0.294 e. The molecule has 4 nitrogen and oxygen atoms in total. The highest BCUT2D eigenvalue weighted by molar-refractivity contribution is 14.1. The third-order valence-corrected chi connectivity index (χ3v) is 10.5. The molecule has 218 valence electrons. The van der Waals surface area contributed by atoms with Gasteiger partial charge in [-0.05, 0) is 88.0 Å². The molecular weight excluding hydrogens is 647 g/mol. The van der Waals surface area contributed by atoms with Crippen LogP contribution < -0.4 is 4.74 Å². The summed E-state index contributed by atoms with van der Waals surface area (Å²) in [6.45, 7) is 9.05. The standard InChI is InChI=1S/C26H37IOSi.C7H8O3S/c1-5-6-7-8-11-18-26(2,3)29-19-12-13-22-20-21(16-17-25(22)28-4)23-14-9-10-15-24(23)27;1-6-2-4-7(5-3-6)11(8,9)10/h9-10,14-17,20H,5-8,11-13,18-19H2,1-4H3;2-5H,1H3,(H,8,9,10). The first-order valence-electron chi connectivity index (χ1n) is 14.2. The van der Waals surface area contributed by atoms with Gasteiger partial charge in [-0.2, -0.15) is 8.42 Å². The fourth-order valence-corrected chi connectivity index (χ4v) is 7.07. The van der Waals surface area contributed by atoms with Crippen LogP contribution in [0.15, 0.2) is 71.6 Å². The normalized spacial score (nSPS) is 11.6. The van der Waals surface area contributed by atoms with Crippen LogP contribution in [0.3, 0.4) is 0 Å². The van der Waals surface area contributed by atoms with Gasteiger partial charge in [-0.25, -0.2) is 0 Å². The molecule has 0 heterocycles. The summed E-state index contributed by atoms with van der Waals surface area (Å²) in [4.78, 5) is -0.0666. The van der Waals surface area contributed by atoms with Gasteiger partial charge in [-0.15, -0.1) is 0 Å². The topological polar surface area (TPSA) is 63.6 Å². The van der Waals surface area contributed by atoms with Crippen LogP contribution >= 0.6 is 22.6 Å². The number of unbranched alkanes of at least 4 members (excludes halogenated alkanes) is 4. The first kappa shape index (κ1) is 34.5. The van der Waals surface area contributed by atoms with Crippen LogP contribution in [0, 0.1) is 10.5 Å². The number of ether oxygens (including phenoxy) is 1. The lowest BCUT2D eigenvalue weighted by Gasteiger charge is -2.24. The molecule has 0 saturated carbocycles. The fourth-order valence-electron chi connectivity index (χ4n) is 4.51. The van der Waals surface area contributed by atoms with E-state index in [0.717, 1.165) is 27.3 Å². The Morgan fingerprint density at radius 3 is 2.23 bits per heavy atom. The molecule has 0 fully saturated rings. The van der Waals surface area contributed by atoms with Crippen molar-refractivity contribution in [3.8, 4) is 16.9 Å². The maximum atomic E-state index is 10.5. The molecule has 0 atom stereocenters. The largest absolute Gasteiger partial charge is 0.496 e. The van der Waals surface area contributed by atoms with Gasteiger partial charge in [0.25, 0.3) is 10.1 Å². The molecule has 0 unspecified atom stereocenters. The van der Waals surface area contributed by atoms with Crippen molar-refractivity contribution in [2.75, 3.05) is 7.11 Å². The van der Waals surface area contributed by atoms with Gasteiger partial charge in [0.15, 0.2) is 0 Å². The van der Waals surface area contributed by atoms with Crippen molar-refractivity contribution in [2.24, 2.45) is 0 Å². The molecule has 0 aromatic heterocycles. The van der Waals surface area contributed by atoms with Gasteiger partial charge in [-0.3, -0.25) is 4.55 Å². The molecule has 2 radical (unpaired) electrons. The Balaban J connectivity index is 0.000000425. The summed E-state index contributed by atoms with van der Waals surface area (Å²) in [5.41, 5.74) is 4.90. The van der Waals surface area contributed by atoms with Gasteiger partial charge in [0.05, 0.1) is 12.0 Å². The molecular formula is C33H45IO4SSi. The molecule has 0 bridgehead atoms. The van der Waals surface area contributed by atoms with Crippen molar-refractivity contribution >= 4 is 42.2 Å². The minimum absolute atomic E-state index is 0.0666. The van der Waals surface area contributed by atoms with E-state index in [4.69, 9.17) is 9.29 Å². The Morgan fingerprint density at radius 1 is 0.925 bits per heavy atom. The van der Waals surface area contributed by atoms with Gasteiger partial charge in [-0.1, -0.05) is 114 Å². The van der Waals surface area contributed by atoms with Gasteiger partial charge < -0.3 is 4.74 Å². The summed E-state index contributed by atoms with van der Waals surface area (Å²) < 4.78 is 36.5. The molecule has 3 aromatic rings. The second-order valence-electron chi connectivity index (χ2n) is 10.9. The lowest BCUT2D eigenvalue weighted by molar-refractivity contribution is 0.409. The van der Waals surface area contributed by atoms with E-state index in [1.807, 2.05) is 6.92 Å². The van der Waals surface area contributed by atoms with Crippen LogP contribution in [-0.2, 0) is 16.5 Å². The number of benzene rings is 3. The van der Waals surface area contributed by atoms with Crippen LogP contribution in [0.25, 0.3) is 11.1 Å². The van der Waals surface area contributed by atoms with E-state index >= 15 is 0 Å². The number of aryl methyl sites for hydroxylation is 2. The number of rotatable bonds is 14. The Labute approximate surface area is 259 Å². The summed E-state index contributed by atoms with van der Waals surface area (Å²) in [6, 6.07) is 22.6. The summed E-state index contributed by atoms with van der Waals surface area (Å²) in [5, 5.41) is 0.498. The number of halogens is 1. The molecule has 0 aliphatic heterocycles. The lowest BCUT2D eigenvalue weighted by atomic mass is 10.0. The summed E-state index contributed by atoms with van der Waals surface area (Å²) in [6.07, 6.45) is 10.6. The van der Waals surface area contributed by atoms with E-state index in [0.29, 0.717) is 5.04 Å². The molecule has 0 aliphatic carbocycles. The molecule has 0 amide bonds. The zero-order valence-corrected chi connectivity index (χ0v) is 28.6. The zero-order chi connectivity index (χ0) is 29.6. The van der Waals surface area contributed by atoms with Crippen LogP contribution in [0.2, 0.25) is 11.1 Å². The van der Waals surface area contributed by atoms with Gasteiger partial charge in [0.2, 0.25) is 0 Å². The monoisotopic (exact) mass is 692 g/mol. The van der Waals surface area contributed by atoms with Crippen molar-refractivity contribution in [3.05, 3.63) is 81.4 Å². The summed E-state index contributed by atoms with van der Waals surface area (Å²) in [5.74, 6) is 1.03. The van der Waals surface area contributed by atoms with Crippen molar-refractivity contribution in [1.29, 1.82) is 0 Å². The molecule has 0 aliphatic rings. The number of hydrogen-bond donors (Lipinski definition) is 1. The van der Waals surface area contributed by atoms with Crippen LogP contribution in [-0.4, -0.2) is 29.6 Å². The molecule has 3 aromatic carbocycles.